The Morgan fingerprint density at radius 3 is 2.78 bits per heavy atom. The van der Waals surface area contributed by atoms with Crippen LogP contribution in [0.25, 0.3) is 0 Å². The summed E-state index contributed by atoms with van der Waals surface area (Å²) in [4.78, 5) is 10.1. The summed E-state index contributed by atoms with van der Waals surface area (Å²) in [7, 11) is 0. The van der Waals surface area contributed by atoms with Gasteiger partial charge in [-0.1, -0.05) is 13.0 Å². The van der Waals surface area contributed by atoms with Crippen molar-refractivity contribution >= 4 is 6.29 Å². The summed E-state index contributed by atoms with van der Waals surface area (Å²) >= 11 is 0. The lowest BCUT2D eigenvalue weighted by atomic mass is 10.2. The fraction of sp³-hybridized carbons (Fsp3) is 0.571. The molecule has 0 aromatic carbocycles. The van der Waals surface area contributed by atoms with Gasteiger partial charge in [-0.25, -0.2) is 0 Å². The maximum absolute atomic E-state index is 10.1. The second kappa shape index (κ2) is 5.51. The second-order valence-corrected chi connectivity index (χ2v) is 1.85. The van der Waals surface area contributed by atoms with Crippen molar-refractivity contribution in [1.82, 2.24) is 5.32 Å². The molecule has 0 heterocycles. The van der Waals surface area contributed by atoms with E-state index in [1.807, 2.05) is 6.92 Å². The number of hydrogen-bond acceptors (Lipinski definition) is 2. The van der Waals surface area contributed by atoms with E-state index in [1.165, 1.54) is 0 Å². The van der Waals surface area contributed by atoms with Crippen molar-refractivity contribution in [3.8, 4) is 0 Å². The third-order valence-electron chi connectivity index (χ3n) is 1.13. The lowest BCUT2D eigenvalue weighted by Gasteiger charge is -2.05. The lowest BCUT2D eigenvalue weighted by molar-refractivity contribution is -0.109. The summed E-state index contributed by atoms with van der Waals surface area (Å²) in [5, 5.41) is 2.98. The highest BCUT2D eigenvalue weighted by molar-refractivity contribution is 5.57. The van der Waals surface area contributed by atoms with Gasteiger partial charge in [0.25, 0.3) is 0 Å². The molecule has 0 aromatic rings. The maximum atomic E-state index is 10.1. The van der Waals surface area contributed by atoms with Crippen molar-refractivity contribution in [3.63, 3.8) is 0 Å². The van der Waals surface area contributed by atoms with Gasteiger partial charge in [0.1, 0.15) is 6.29 Å². The minimum atomic E-state index is 0.00278. The van der Waals surface area contributed by atoms with Crippen LogP contribution in [-0.2, 0) is 4.79 Å². The van der Waals surface area contributed by atoms with Crippen LogP contribution in [0, 0.1) is 0 Å². The van der Waals surface area contributed by atoms with Crippen molar-refractivity contribution in [2.75, 3.05) is 6.54 Å². The number of rotatable bonds is 5. The van der Waals surface area contributed by atoms with Crippen LogP contribution in [0.4, 0.5) is 0 Å². The van der Waals surface area contributed by atoms with Gasteiger partial charge in [-0.05, 0) is 6.42 Å². The summed E-state index contributed by atoms with van der Waals surface area (Å²) in [5.74, 6) is 0. The molecule has 0 amide bonds. The van der Waals surface area contributed by atoms with E-state index < -0.39 is 0 Å². The van der Waals surface area contributed by atoms with Crippen LogP contribution >= 0.6 is 0 Å². The molecule has 1 atom stereocenters. The maximum Gasteiger partial charge on any atom is 0.136 e. The standard InChI is InChI=1S/C7H13NO/c1-3-5-8-7(4-2)6-9/h3,6-8H,1,4-5H2,2H3/t7-/m0/s1. The highest BCUT2D eigenvalue weighted by Gasteiger charge is 1.98. The molecular formula is C7H13NO. The molecule has 0 bridgehead atoms. The summed E-state index contributed by atoms with van der Waals surface area (Å²) in [6.45, 7) is 6.20. The number of aldehydes is 1. The third kappa shape index (κ3) is 3.91. The van der Waals surface area contributed by atoms with Gasteiger partial charge >= 0.3 is 0 Å². The van der Waals surface area contributed by atoms with E-state index in [9.17, 15) is 4.79 Å². The van der Waals surface area contributed by atoms with Gasteiger partial charge in [-0.2, -0.15) is 0 Å². The molecule has 0 saturated heterocycles. The zero-order valence-corrected chi connectivity index (χ0v) is 5.76. The highest BCUT2D eigenvalue weighted by Crippen LogP contribution is 1.83. The average molecular weight is 127 g/mol. The Hall–Kier alpha value is -0.630. The summed E-state index contributed by atoms with van der Waals surface area (Å²) < 4.78 is 0. The molecular weight excluding hydrogens is 114 g/mol. The van der Waals surface area contributed by atoms with E-state index in [0.717, 1.165) is 12.7 Å². The first-order chi connectivity index (χ1) is 4.35. The fourth-order valence-electron chi connectivity index (χ4n) is 0.523. The quantitative estimate of drug-likeness (QED) is 0.436. The first-order valence-corrected chi connectivity index (χ1v) is 3.14. The summed E-state index contributed by atoms with van der Waals surface area (Å²) in [5.41, 5.74) is 0. The minimum absolute atomic E-state index is 0.00278. The van der Waals surface area contributed by atoms with E-state index >= 15 is 0 Å². The summed E-state index contributed by atoms with van der Waals surface area (Å²) in [6.07, 6.45) is 3.51. The number of carbonyl (C=O) groups is 1. The van der Waals surface area contributed by atoms with E-state index in [-0.39, 0.29) is 6.04 Å². The van der Waals surface area contributed by atoms with Gasteiger partial charge in [0.05, 0.1) is 6.04 Å². The predicted octanol–water partition coefficient (Wildman–Crippen LogP) is 0.739. The molecule has 52 valence electrons. The Balaban J connectivity index is 3.30. The molecule has 1 N–H and O–H groups in total. The summed E-state index contributed by atoms with van der Waals surface area (Å²) in [6, 6.07) is 0.00278. The van der Waals surface area contributed by atoms with Gasteiger partial charge in [-0.15, -0.1) is 6.58 Å². The molecule has 2 heteroatoms. The van der Waals surface area contributed by atoms with Crippen LogP contribution in [0.15, 0.2) is 12.7 Å². The minimum Gasteiger partial charge on any atom is -0.304 e. The molecule has 2 nitrogen and oxygen atoms in total. The number of nitrogens with one attached hydrogen (secondary N) is 1. The van der Waals surface area contributed by atoms with Crippen LogP contribution in [0.5, 0.6) is 0 Å². The van der Waals surface area contributed by atoms with Crippen LogP contribution in [0.2, 0.25) is 0 Å². The number of hydrogen-bond donors (Lipinski definition) is 1. The van der Waals surface area contributed by atoms with Crippen molar-refractivity contribution < 1.29 is 4.79 Å². The average Bonchev–Trinajstić information content (AvgIpc) is 1.91. The molecule has 0 aliphatic heterocycles. The Bertz CT molecular complexity index is 90.9. The lowest BCUT2D eigenvalue weighted by Crippen LogP contribution is -2.29. The predicted molar refractivity (Wildman–Crippen MR) is 38.3 cm³/mol. The zero-order chi connectivity index (χ0) is 7.11. The monoisotopic (exact) mass is 127 g/mol. The Morgan fingerprint density at radius 2 is 2.44 bits per heavy atom. The van der Waals surface area contributed by atoms with Gasteiger partial charge in [-0.3, -0.25) is 0 Å². The van der Waals surface area contributed by atoms with Gasteiger partial charge < -0.3 is 10.1 Å². The van der Waals surface area contributed by atoms with Gasteiger partial charge in [0, 0.05) is 6.54 Å². The van der Waals surface area contributed by atoms with E-state index in [2.05, 4.69) is 11.9 Å². The Kier molecular flexibility index (Phi) is 5.12. The topological polar surface area (TPSA) is 29.1 Å². The fourth-order valence-corrected chi connectivity index (χ4v) is 0.523. The van der Waals surface area contributed by atoms with Crippen LogP contribution in [0.1, 0.15) is 13.3 Å². The Labute approximate surface area is 56.0 Å². The molecule has 0 saturated carbocycles. The van der Waals surface area contributed by atoms with Gasteiger partial charge in [0.15, 0.2) is 0 Å². The highest BCUT2D eigenvalue weighted by atomic mass is 16.1. The zero-order valence-electron chi connectivity index (χ0n) is 5.76. The van der Waals surface area contributed by atoms with Crippen molar-refractivity contribution in [1.29, 1.82) is 0 Å². The first-order valence-electron chi connectivity index (χ1n) is 3.14. The molecule has 0 aliphatic carbocycles. The smallest absolute Gasteiger partial charge is 0.136 e. The molecule has 9 heavy (non-hydrogen) atoms. The van der Waals surface area contributed by atoms with Crippen LogP contribution in [0.3, 0.4) is 0 Å². The van der Waals surface area contributed by atoms with Crippen LogP contribution < -0.4 is 5.32 Å². The first kappa shape index (κ1) is 8.37. The number of carbonyl (C=O) groups excluding carboxylic acids is 1. The van der Waals surface area contributed by atoms with Crippen molar-refractivity contribution in [2.45, 2.75) is 19.4 Å². The largest absolute Gasteiger partial charge is 0.304 e. The van der Waals surface area contributed by atoms with Crippen molar-refractivity contribution in [2.24, 2.45) is 0 Å². The second-order valence-electron chi connectivity index (χ2n) is 1.85. The molecule has 0 fully saturated rings. The van der Waals surface area contributed by atoms with E-state index in [0.29, 0.717) is 6.54 Å². The van der Waals surface area contributed by atoms with Gasteiger partial charge in [0.2, 0.25) is 0 Å². The van der Waals surface area contributed by atoms with Crippen molar-refractivity contribution in [3.05, 3.63) is 12.7 Å². The van der Waals surface area contributed by atoms with Crippen LogP contribution in [-0.4, -0.2) is 18.9 Å². The molecule has 0 spiro atoms. The Morgan fingerprint density at radius 1 is 1.78 bits per heavy atom. The molecule has 0 unspecified atom stereocenters. The van der Waals surface area contributed by atoms with E-state index in [4.69, 9.17) is 0 Å². The third-order valence-corrected chi connectivity index (χ3v) is 1.13. The molecule has 0 radical (unpaired) electrons. The normalized spacial score (nSPS) is 12.6. The SMILES string of the molecule is C=CCN[C@H](C=O)CC. The molecule has 0 aliphatic rings. The molecule has 0 aromatic heterocycles. The van der Waals surface area contributed by atoms with E-state index in [1.54, 1.807) is 6.08 Å². The molecule has 0 rings (SSSR count).